The topological polar surface area (TPSA) is 52.9 Å². The maximum atomic E-state index is 11.7. The number of hydrogen-bond acceptors (Lipinski definition) is 2. The number of amides is 1. The molecule has 0 heterocycles. The molecular weight excluding hydrogens is 236 g/mol. The van der Waals surface area contributed by atoms with Gasteiger partial charge in [-0.1, -0.05) is 31.4 Å². The highest BCUT2D eigenvalue weighted by molar-refractivity contribution is 6.31. The number of nitriles is 1. The molecule has 1 aromatic rings. The van der Waals surface area contributed by atoms with Crippen molar-refractivity contribution >= 4 is 17.5 Å². The Morgan fingerprint density at radius 3 is 2.88 bits per heavy atom. The van der Waals surface area contributed by atoms with Crippen LogP contribution in [0.4, 0.5) is 0 Å². The third kappa shape index (κ3) is 4.08. The van der Waals surface area contributed by atoms with Gasteiger partial charge in [-0.25, -0.2) is 0 Å². The summed E-state index contributed by atoms with van der Waals surface area (Å²) in [4.78, 5) is 11.7. The number of carbonyl (C=O) groups is 1. The molecule has 0 saturated carbocycles. The zero-order chi connectivity index (χ0) is 12.7. The van der Waals surface area contributed by atoms with Gasteiger partial charge in [-0.2, -0.15) is 5.26 Å². The normalized spacial score (nSPS) is 9.71. The highest BCUT2D eigenvalue weighted by Gasteiger charge is 2.07. The van der Waals surface area contributed by atoms with E-state index >= 15 is 0 Å². The molecule has 0 aliphatic rings. The van der Waals surface area contributed by atoms with Gasteiger partial charge in [0.2, 0.25) is 0 Å². The predicted molar refractivity (Wildman–Crippen MR) is 68.0 cm³/mol. The molecule has 4 heteroatoms. The number of nitrogens with one attached hydrogen (secondary N) is 1. The Bertz CT molecular complexity index is 438. The van der Waals surface area contributed by atoms with Crippen molar-refractivity contribution in [2.45, 2.75) is 26.2 Å². The molecule has 0 spiro atoms. The van der Waals surface area contributed by atoms with Crippen LogP contribution in [0, 0.1) is 11.3 Å². The number of nitrogens with zero attached hydrogens (tertiary/aromatic N) is 1. The Morgan fingerprint density at radius 2 is 2.24 bits per heavy atom. The van der Waals surface area contributed by atoms with Gasteiger partial charge < -0.3 is 5.32 Å². The van der Waals surface area contributed by atoms with Crippen LogP contribution >= 0.6 is 11.6 Å². The van der Waals surface area contributed by atoms with Gasteiger partial charge in [-0.05, 0) is 24.6 Å². The Morgan fingerprint density at radius 1 is 1.47 bits per heavy atom. The molecule has 0 unspecified atom stereocenters. The molecule has 0 bridgehead atoms. The molecule has 1 rings (SSSR count). The minimum Gasteiger partial charge on any atom is -0.352 e. The third-order valence-corrected chi connectivity index (χ3v) is 2.74. The van der Waals surface area contributed by atoms with Crippen LogP contribution < -0.4 is 5.32 Å². The predicted octanol–water partition coefficient (Wildman–Crippen LogP) is 3.13. The monoisotopic (exact) mass is 250 g/mol. The summed E-state index contributed by atoms with van der Waals surface area (Å²) in [5.41, 5.74) is 0.801. The van der Waals surface area contributed by atoms with Gasteiger partial charge in [0.1, 0.15) is 6.07 Å². The maximum absolute atomic E-state index is 11.7. The number of hydrogen-bond donors (Lipinski definition) is 1. The van der Waals surface area contributed by atoms with Crippen molar-refractivity contribution in [2.24, 2.45) is 0 Å². The van der Waals surface area contributed by atoms with Gasteiger partial charge in [0.25, 0.3) is 5.91 Å². The molecular formula is C13H15ClN2O. The highest BCUT2D eigenvalue weighted by atomic mass is 35.5. The standard InChI is InChI=1S/C13H15ClN2O/c1-2-3-4-7-16-13(17)10-5-6-12(14)11(8-10)9-15/h5-6,8H,2-4,7H2,1H3,(H,16,17). The van der Waals surface area contributed by atoms with Crippen LogP contribution in [-0.4, -0.2) is 12.5 Å². The lowest BCUT2D eigenvalue weighted by molar-refractivity contribution is 0.0953. The minimum absolute atomic E-state index is 0.158. The van der Waals surface area contributed by atoms with Gasteiger partial charge in [-0.3, -0.25) is 4.79 Å². The van der Waals surface area contributed by atoms with Gasteiger partial charge in [-0.15, -0.1) is 0 Å². The molecule has 3 nitrogen and oxygen atoms in total. The summed E-state index contributed by atoms with van der Waals surface area (Å²) in [6.07, 6.45) is 3.20. The van der Waals surface area contributed by atoms with Gasteiger partial charge in [0, 0.05) is 12.1 Å². The van der Waals surface area contributed by atoms with E-state index in [2.05, 4.69) is 12.2 Å². The first-order valence-electron chi connectivity index (χ1n) is 5.67. The van der Waals surface area contributed by atoms with E-state index in [1.54, 1.807) is 12.1 Å². The molecule has 1 aromatic carbocycles. The van der Waals surface area contributed by atoms with Gasteiger partial charge in [0.05, 0.1) is 10.6 Å². The Hall–Kier alpha value is -1.53. The van der Waals surface area contributed by atoms with E-state index in [-0.39, 0.29) is 5.91 Å². The lowest BCUT2D eigenvalue weighted by atomic mass is 10.1. The Labute approximate surface area is 106 Å². The molecule has 90 valence electrons. The van der Waals surface area contributed by atoms with E-state index in [4.69, 9.17) is 16.9 Å². The summed E-state index contributed by atoms with van der Waals surface area (Å²) in [7, 11) is 0. The molecule has 0 atom stereocenters. The number of benzene rings is 1. The highest BCUT2D eigenvalue weighted by Crippen LogP contribution is 2.16. The number of unbranched alkanes of at least 4 members (excludes halogenated alkanes) is 2. The number of rotatable bonds is 5. The first kappa shape index (κ1) is 13.5. The smallest absolute Gasteiger partial charge is 0.251 e. The van der Waals surface area contributed by atoms with Crippen molar-refractivity contribution < 1.29 is 4.79 Å². The Balaban J connectivity index is 2.61. The summed E-state index contributed by atoms with van der Waals surface area (Å²) in [5, 5.41) is 12.0. The first-order chi connectivity index (χ1) is 8.19. The molecule has 0 aliphatic heterocycles. The lowest BCUT2D eigenvalue weighted by Gasteiger charge is -2.05. The van der Waals surface area contributed by atoms with Crippen LogP contribution in [0.1, 0.15) is 42.1 Å². The first-order valence-corrected chi connectivity index (χ1v) is 6.04. The van der Waals surface area contributed by atoms with E-state index < -0.39 is 0 Å². The second-order valence-electron chi connectivity index (χ2n) is 3.77. The van der Waals surface area contributed by atoms with E-state index in [1.165, 1.54) is 6.07 Å². The average Bonchev–Trinajstić information content (AvgIpc) is 2.35. The van der Waals surface area contributed by atoms with Crippen molar-refractivity contribution in [2.75, 3.05) is 6.54 Å². The molecule has 1 N–H and O–H groups in total. The Kier molecular flexibility index (Phi) is 5.51. The molecule has 0 radical (unpaired) electrons. The summed E-state index contributed by atoms with van der Waals surface area (Å²) < 4.78 is 0. The van der Waals surface area contributed by atoms with Crippen LogP contribution in [0.3, 0.4) is 0 Å². The number of halogens is 1. The zero-order valence-electron chi connectivity index (χ0n) is 9.79. The molecule has 0 saturated heterocycles. The molecule has 0 aromatic heterocycles. The van der Waals surface area contributed by atoms with Gasteiger partial charge in [0.15, 0.2) is 0 Å². The van der Waals surface area contributed by atoms with Crippen LogP contribution in [0.5, 0.6) is 0 Å². The SMILES string of the molecule is CCCCCNC(=O)c1ccc(Cl)c(C#N)c1. The summed E-state index contributed by atoms with van der Waals surface area (Å²) in [6, 6.07) is 6.66. The third-order valence-electron chi connectivity index (χ3n) is 2.41. The summed E-state index contributed by atoms with van der Waals surface area (Å²) >= 11 is 5.79. The fourth-order valence-electron chi connectivity index (χ4n) is 1.43. The van der Waals surface area contributed by atoms with E-state index in [1.807, 2.05) is 6.07 Å². The van der Waals surface area contributed by atoms with Gasteiger partial charge >= 0.3 is 0 Å². The lowest BCUT2D eigenvalue weighted by Crippen LogP contribution is -2.24. The second kappa shape index (κ2) is 6.93. The van der Waals surface area contributed by atoms with Crippen molar-refractivity contribution in [1.29, 1.82) is 5.26 Å². The van der Waals surface area contributed by atoms with Crippen LogP contribution in [-0.2, 0) is 0 Å². The van der Waals surface area contributed by atoms with E-state index in [0.29, 0.717) is 22.7 Å². The molecule has 0 fully saturated rings. The summed E-state index contributed by atoms with van der Waals surface area (Å²) in [6.45, 7) is 2.78. The van der Waals surface area contributed by atoms with Crippen LogP contribution in [0.15, 0.2) is 18.2 Å². The van der Waals surface area contributed by atoms with Crippen molar-refractivity contribution in [3.05, 3.63) is 34.3 Å². The maximum Gasteiger partial charge on any atom is 0.251 e. The second-order valence-corrected chi connectivity index (χ2v) is 4.18. The fraction of sp³-hybridized carbons (Fsp3) is 0.385. The van der Waals surface area contributed by atoms with E-state index in [0.717, 1.165) is 19.3 Å². The number of carbonyl (C=O) groups excluding carboxylic acids is 1. The quantitative estimate of drug-likeness (QED) is 0.817. The van der Waals surface area contributed by atoms with Crippen molar-refractivity contribution in [1.82, 2.24) is 5.32 Å². The van der Waals surface area contributed by atoms with Crippen molar-refractivity contribution in [3.8, 4) is 6.07 Å². The molecule has 17 heavy (non-hydrogen) atoms. The minimum atomic E-state index is -0.158. The van der Waals surface area contributed by atoms with E-state index in [9.17, 15) is 4.79 Å². The van der Waals surface area contributed by atoms with Crippen LogP contribution in [0.2, 0.25) is 5.02 Å². The van der Waals surface area contributed by atoms with Crippen LogP contribution in [0.25, 0.3) is 0 Å². The molecule has 1 amide bonds. The van der Waals surface area contributed by atoms with Crippen molar-refractivity contribution in [3.63, 3.8) is 0 Å². The average molecular weight is 251 g/mol. The molecule has 0 aliphatic carbocycles. The zero-order valence-corrected chi connectivity index (χ0v) is 10.5. The summed E-state index contributed by atoms with van der Waals surface area (Å²) in [5.74, 6) is -0.158. The fourth-order valence-corrected chi connectivity index (χ4v) is 1.59. The largest absolute Gasteiger partial charge is 0.352 e.